The van der Waals surface area contributed by atoms with Crippen LogP contribution in [0.1, 0.15) is 12.5 Å². The van der Waals surface area contributed by atoms with Crippen molar-refractivity contribution in [3.8, 4) is 0 Å². The second kappa shape index (κ2) is 5.35. The molecule has 0 amide bonds. The van der Waals surface area contributed by atoms with Gasteiger partial charge in [-0.2, -0.15) is 0 Å². The number of rotatable bonds is 3. The summed E-state index contributed by atoms with van der Waals surface area (Å²) in [6.45, 7) is 3.37. The lowest BCUT2D eigenvalue weighted by molar-refractivity contribution is -0.591. The van der Waals surface area contributed by atoms with Gasteiger partial charge in [0.15, 0.2) is 30.7 Å². The Hall–Kier alpha value is -1.52. The van der Waals surface area contributed by atoms with E-state index in [0.717, 1.165) is 0 Å². The van der Waals surface area contributed by atoms with Crippen molar-refractivity contribution < 1.29 is 14.1 Å². The molecule has 4 heteroatoms. The second-order valence-corrected chi connectivity index (χ2v) is 6.22. The Bertz CT molecular complexity index is 567. The summed E-state index contributed by atoms with van der Waals surface area (Å²) < 4.78 is 7.96. The molecule has 3 atom stereocenters. The smallest absolute Gasteiger partial charge is 0.195 e. The zero-order chi connectivity index (χ0) is 15.0. The van der Waals surface area contributed by atoms with Crippen LogP contribution in [0, 0.1) is 0 Å². The quantitative estimate of drug-likeness (QED) is 0.777. The Labute approximate surface area is 126 Å². The van der Waals surface area contributed by atoms with Gasteiger partial charge in [-0.15, -0.1) is 0 Å². The zero-order valence-corrected chi connectivity index (χ0v) is 13.0. The van der Waals surface area contributed by atoms with E-state index in [0.29, 0.717) is 19.6 Å². The summed E-state index contributed by atoms with van der Waals surface area (Å²) >= 11 is 0. The number of Topliss-reactive ketones (excluding diaryl/α,β-unsaturated/α-hetero) is 1. The molecule has 112 valence electrons. The second-order valence-electron chi connectivity index (χ2n) is 6.22. The highest BCUT2D eigenvalue weighted by Crippen LogP contribution is 2.32. The lowest BCUT2D eigenvalue weighted by Gasteiger charge is -2.46. The van der Waals surface area contributed by atoms with Crippen molar-refractivity contribution in [2.45, 2.75) is 31.0 Å². The summed E-state index contributed by atoms with van der Waals surface area (Å²) in [6, 6.07) is 10.4. The van der Waals surface area contributed by atoms with E-state index in [1.54, 1.807) is 0 Å². The van der Waals surface area contributed by atoms with Crippen molar-refractivity contribution in [3.63, 3.8) is 0 Å². The van der Waals surface area contributed by atoms with Crippen LogP contribution >= 0.6 is 0 Å². The summed E-state index contributed by atoms with van der Waals surface area (Å²) in [5.41, 5.74) is 0.647. The minimum atomic E-state index is -0.540. The molecule has 3 unspecified atom stereocenters. The lowest BCUT2D eigenvalue weighted by atomic mass is 9.74. The molecule has 21 heavy (non-hydrogen) atoms. The van der Waals surface area contributed by atoms with Crippen LogP contribution in [-0.2, 0) is 16.0 Å². The van der Waals surface area contributed by atoms with E-state index >= 15 is 0 Å². The number of hydrogen-bond donors (Lipinski definition) is 0. The van der Waals surface area contributed by atoms with Gasteiger partial charge in [-0.1, -0.05) is 30.3 Å². The van der Waals surface area contributed by atoms with Gasteiger partial charge in [-0.3, -0.25) is 9.69 Å². The van der Waals surface area contributed by atoms with E-state index in [-0.39, 0.29) is 17.9 Å². The predicted molar refractivity (Wildman–Crippen MR) is 82.0 cm³/mol. The van der Waals surface area contributed by atoms with Crippen LogP contribution in [0.25, 0.3) is 0 Å². The zero-order valence-electron chi connectivity index (χ0n) is 13.0. The number of ketones is 1. The van der Waals surface area contributed by atoms with Crippen LogP contribution < -0.4 is 0 Å². The maximum atomic E-state index is 13.1. The van der Waals surface area contributed by atoms with Crippen molar-refractivity contribution in [2.75, 3.05) is 27.2 Å². The topological polar surface area (TPSA) is 32.6 Å². The fourth-order valence-corrected chi connectivity index (χ4v) is 3.70. The molecule has 2 bridgehead atoms. The Morgan fingerprint density at radius 2 is 2.05 bits per heavy atom. The van der Waals surface area contributed by atoms with Gasteiger partial charge in [0, 0.05) is 6.42 Å². The van der Waals surface area contributed by atoms with Crippen molar-refractivity contribution in [2.24, 2.45) is 0 Å². The fourth-order valence-electron chi connectivity index (χ4n) is 3.70. The van der Waals surface area contributed by atoms with Crippen molar-refractivity contribution in [3.05, 3.63) is 35.9 Å². The maximum absolute atomic E-state index is 13.1. The Morgan fingerprint density at radius 1 is 1.33 bits per heavy atom. The Morgan fingerprint density at radius 3 is 2.71 bits per heavy atom. The normalized spacial score (nSPS) is 32.2. The van der Waals surface area contributed by atoms with Crippen molar-refractivity contribution in [1.29, 1.82) is 0 Å². The van der Waals surface area contributed by atoms with Crippen LogP contribution in [0.5, 0.6) is 0 Å². The number of ether oxygens (including phenoxy) is 1. The van der Waals surface area contributed by atoms with E-state index < -0.39 is 5.54 Å². The molecule has 3 rings (SSSR count). The van der Waals surface area contributed by atoms with Gasteiger partial charge in [0.05, 0.1) is 0 Å². The molecule has 2 aliphatic heterocycles. The number of carbonyl (C=O) groups is 1. The summed E-state index contributed by atoms with van der Waals surface area (Å²) in [5, 5.41) is 0. The minimum absolute atomic E-state index is 0.139. The third-order valence-electron chi connectivity index (χ3n) is 5.01. The minimum Gasteiger partial charge on any atom is -0.353 e. The molecule has 0 aromatic heterocycles. The molecule has 1 aromatic rings. The molecule has 0 spiro atoms. The molecule has 0 aliphatic carbocycles. The molecular formula is C17H23N2O2+. The molecule has 4 nitrogen and oxygen atoms in total. The number of likely N-dealkylation sites (N-methyl/N-ethyl adjacent to an activating group) is 1. The average molecular weight is 287 g/mol. The first-order valence-electron chi connectivity index (χ1n) is 7.52. The van der Waals surface area contributed by atoms with Gasteiger partial charge in [-0.25, -0.2) is 4.58 Å². The Balaban J connectivity index is 2.05. The highest BCUT2D eigenvalue weighted by atomic mass is 16.5. The largest absolute Gasteiger partial charge is 0.353 e. The molecule has 1 saturated heterocycles. The molecule has 0 N–H and O–H groups in total. The third kappa shape index (κ3) is 2.23. The van der Waals surface area contributed by atoms with Crippen molar-refractivity contribution in [1.82, 2.24) is 4.90 Å². The standard InChI is InChI=1S/C17H23N2O2/c1-13-17(18(2)3,11-14-7-5-4-6-8-14)16(20)15-12-19(13)9-10-21-15/h4-9,13,15H,10-12H2,1-3H3/q+1. The van der Waals surface area contributed by atoms with Gasteiger partial charge in [0.25, 0.3) is 0 Å². The summed E-state index contributed by atoms with van der Waals surface area (Å²) in [5.74, 6) is 0.216. The van der Waals surface area contributed by atoms with Gasteiger partial charge < -0.3 is 4.74 Å². The van der Waals surface area contributed by atoms with E-state index in [1.807, 2.05) is 32.3 Å². The summed E-state index contributed by atoms with van der Waals surface area (Å²) in [6.07, 6.45) is 2.49. The molecule has 1 fully saturated rings. The van der Waals surface area contributed by atoms with Gasteiger partial charge in [0.1, 0.15) is 12.1 Å². The molecule has 0 saturated carbocycles. The Kier molecular flexibility index (Phi) is 3.68. The first kappa shape index (κ1) is 14.4. The van der Waals surface area contributed by atoms with E-state index in [2.05, 4.69) is 34.7 Å². The van der Waals surface area contributed by atoms with Crippen LogP contribution in [-0.4, -0.2) is 66.4 Å². The van der Waals surface area contributed by atoms with Gasteiger partial charge in [0.2, 0.25) is 0 Å². The molecule has 0 radical (unpaired) electrons. The number of hydrogen-bond acceptors (Lipinski definition) is 3. The van der Waals surface area contributed by atoms with Crippen LogP contribution in [0.4, 0.5) is 0 Å². The SMILES string of the molecule is CC1[N+]2=CCOC(C2)C(=O)C1(Cc1ccccc1)N(C)C. The summed E-state index contributed by atoms with van der Waals surface area (Å²) in [4.78, 5) is 15.2. The van der Waals surface area contributed by atoms with E-state index in [1.165, 1.54) is 5.56 Å². The first-order chi connectivity index (χ1) is 10.1. The molecule has 1 aromatic carbocycles. The highest BCUT2D eigenvalue weighted by molar-refractivity contribution is 5.94. The fraction of sp³-hybridized carbons (Fsp3) is 0.529. The van der Waals surface area contributed by atoms with E-state index in [4.69, 9.17) is 4.74 Å². The maximum Gasteiger partial charge on any atom is 0.195 e. The van der Waals surface area contributed by atoms with Gasteiger partial charge in [-0.05, 0) is 26.6 Å². The van der Waals surface area contributed by atoms with Gasteiger partial charge >= 0.3 is 0 Å². The van der Waals surface area contributed by atoms with Crippen LogP contribution in [0.15, 0.2) is 30.3 Å². The predicted octanol–water partition coefficient (Wildman–Crippen LogP) is 0.983. The summed E-state index contributed by atoms with van der Waals surface area (Å²) in [7, 11) is 4.00. The van der Waals surface area contributed by atoms with Crippen molar-refractivity contribution >= 4 is 12.0 Å². The van der Waals surface area contributed by atoms with E-state index in [9.17, 15) is 4.79 Å². The van der Waals surface area contributed by atoms with Crippen LogP contribution in [0.2, 0.25) is 0 Å². The van der Waals surface area contributed by atoms with Crippen LogP contribution in [0.3, 0.4) is 0 Å². The monoisotopic (exact) mass is 287 g/mol. The number of benzene rings is 1. The average Bonchev–Trinajstić information content (AvgIpc) is 2.51. The number of fused-ring (bicyclic) bond motifs is 2. The number of nitrogens with zero attached hydrogens (tertiary/aromatic N) is 2. The number of carbonyl (C=O) groups excluding carboxylic acids is 1. The highest BCUT2D eigenvalue weighted by Gasteiger charge is 2.58. The molecule has 2 aliphatic rings. The third-order valence-corrected chi connectivity index (χ3v) is 5.01. The molecular weight excluding hydrogens is 264 g/mol. The molecule has 2 heterocycles. The number of piperidine rings is 1. The lowest BCUT2D eigenvalue weighted by Crippen LogP contribution is -2.72. The first-order valence-corrected chi connectivity index (χ1v) is 7.52.